The molecule has 0 aromatic carbocycles. The molecule has 0 rings (SSSR count). The van der Waals surface area contributed by atoms with Crippen LogP contribution >= 0.6 is 0 Å². The standard InChI is InChI=1S/C7H11NO.C2H6/c1-3-5-7(6-9)8-4-2;1-2/h3-5,9H,1,6H2,2H3;1-2H3/b7-5-,8-4?;. The van der Waals surface area contributed by atoms with E-state index in [1.807, 2.05) is 13.8 Å². The minimum absolute atomic E-state index is 0.0314. The molecule has 0 aliphatic heterocycles. The van der Waals surface area contributed by atoms with E-state index in [0.29, 0.717) is 5.70 Å². The van der Waals surface area contributed by atoms with Crippen molar-refractivity contribution in [3.63, 3.8) is 0 Å². The molecule has 2 heteroatoms. The SMILES string of the molecule is C=C/C=C(/CO)N=CC.CC. The van der Waals surface area contributed by atoms with Gasteiger partial charge in [0.15, 0.2) is 0 Å². The Balaban J connectivity index is 0. The zero-order valence-electron chi connectivity index (χ0n) is 7.54. The van der Waals surface area contributed by atoms with Gasteiger partial charge in [-0.25, -0.2) is 0 Å². The third kappa shape index (κ3) is 9.11. The number of allylic oxidation sites excluding steroid dienone is 2. The van der Waals surface area contributed by atoms with Gasteiger partial charge in [0, 0.05) is 6.21 Å². The van der Waals surface area contributed by atoms with Crippen LogP contribution in [0.5, 0.6) is 0 Å². The summed E-state index contributed by atoms with van der Waals surface area (Å²) in [5.41, 5.74) is 0.632. The van der Waals surface area contributed by atoms with Crippen molar-refractivity contribution in [3.05, 3.63) is 24.4 Å². The first-order valence-corrected chi connectivity index (χ1v) is 3.76. The van der Waals surface area contributed by atoms with Crippen LogP contribution in [-0.4, -0.2) is 17.9 Å². The van der Waals surface area contributed by atoms with Gasteiger partial charge in [-0.3, -0.25) is 4.99 Å². The average Bonchev–Trinajstić information content (AvgIpc) is 2.08. The summed E-state index contributed by atoms with van der Waals surface area (Å²) in [6.07, 6.45) is 4.89. The summed E-state index contributed by atoms with van der Waals surface area (Å²) in [6.45, 7) is 9.24. The van der Waals surface area contributed by atoms with Crippen LogP contribution in [-0.2, 0) is 0 Å². The maximum absolute atomic E-state index is 8.56. The number of hydrogen-bond donors (Lipinski definition) is 1. The van der Waals surface area contributed by atoms with Crippen molar-refractivity contribution in [2.24, 2.45) is 4.99 Å². The Labute approximate surface area is 69.0 Å². The lowest BCUT2D eigenvalue weighted by molar-refractivity contribution is 0.330. The first-order valence-electron chi connectivity index (χ1n) is 3.76. The highest BCUT2D eigenvalue weighted by Crippen LogP contribution is 1.92. The molecule has 1 N–H and O–H groups in total. The summed E-state index contributed by atoms with van der Waals surface area (Å²) in [5.74, 6) is 0. The van der Waals surface area contributed by atoms with Gasteiger partial charge < -0.3 is 5.11 Å². The number of rotatable bonds is 3. The van der Waals surface area contributed by atoms with Crippen LogP contribution < -0.4 is 0 Å². The molecule has 11 heavy (non-hydrogen) atoms. The molecule has 0 aliphatic carbocycles. The fraction of sp³-hybridized carbons (Fsp3) is 0.444. The molecule has 0 fully saturated rings. The van der Waals surface area contributed by atoms with E-state index in [1.54, 1.807) is 25.3 Å². The first-order chi connectivity index (χ1) is 5.35. The van der Waals surface area contributed by atoms with Crippen LogP contribution in [0.15, 0.2) is 29.4 Å². The fourth-order valence-electron chi connectivity index (χ4n) is 0.438. The number of aliphatic imine (C=N–C) groups is 1. The Bertz CT molecular complexity index is 136. The van der Waals surface area contributed by atoms with Gasteiger partial charge in [-0.2, -0.15) is 0 Å². The molecule has 0 aromatic heterocycles. The minimum Gasteiger partial charge on any atom is -0.390 e. The van der Waals surface area contributed by atoms with E-state index in [-0.39, 0.29) is 6.61 Å². The molecule has 0 aromatic rings. The maximum Gasteiger partial charge on any atom is 0.0852 e. The maximum atomic E-state index is 8.56. The van der Waals surface area contributed by atoms with E-state index >= 15 is 0 Å². The topological polar surface area (TPSA) is 32.6 Å². The van der Waals surface area contributed by atoms with Crippen molar-refractivity contribution in [2.75, 3.05) is 6.61 Å². The minimum atomic E-state index is -0.0314. The van der Waals surface area contributed by atoms with E-state index in [4.69, 9.17) is 5.11 Å². The van der Waals surface area contributed by atoms with Crippen LogP contribution in [0.3, 0.4) is 0 Å². The molecule has 2 nitrogen and oxygen atoms in total. The summed E-state index contributed by atoms with van der Waals surface area (Å²) in [6, 6.07) is 0. The van der Waals surface area contributed by atoms with Crippen LogP contribution in [0, 0.1) is 0 Å². The highest BCUT2D eigenvalue weighted by molar-refractivity contribution is 5.55. The summed E-state index contributed by atoms with van der Waals surface area (Å²) in [5, 5.41) is 8.56. The van der Waals surface area contributed by atoms with Crippen molar-refractivity contribution in [3.8, 4) is 0 Å². The second-order valence-electron chi connectivity index (χ2n) is 1.44. The molecule has 0 saturated carbocycles. The molecule has 0 saturated heterocycles. The third-order valence-corrected chi connectivity index (χ3v) is 0.767. The Morgan fingerprint density at radius 3 is 2.36 bits per heavy atom. The van der Waals surface area contributed by atoms with Crippen LogP contribution in [0.2, 0.25) is 0 Å². The van der Waals surface area contributed by atoms with Crippen LogP contribution in [0.4, 0.5) is 0 Å². The van der Waals surface area contributed by atoms with E-state index in [2.05, 4.69) is 11.6 Å². The molecule has 0 heterocycles. The Kier molecular flexibility index (Phi) is 13.7. The smallest absolute Gasteiger partial charge is 0.0852 e. The molecule has 0 unspecified atom stereocenters. The molecule has 0 aliphatic rings. The van der Waals surface area contributed by atoms with Gasteiger partial charge in [0.05, 0.1) is 12.3 Å². The van der Waals surface area contributed by atoms with Gasteiger partial charge in [-0.15, -0.1) is 0 Å². The van der Waals surface area contributed by atoms with E-state index in [1.165, 1.54) is 0 Å². The summed E-state index contributed by atoms with van der Waals surface area (Å²) in [7, 11) is 0. The zero-order chi connectivity index (χ0) is 9.11. The highest BCUT2D eigenvalue weighted by Gasteiger charge is 1.83. The van der Waals surface area contributed by atoms with Gasteiger partial charge in [0.1, 0.15) is 0 Å². The molecule has 0 bridgehead atoms. The second kappa shape index (κ2) is 11.9. The Hall–Kier alpha value is -0.890. The van der Waals surface area contributed by atoms with Gasteiger partial charge >= 0.3 is 0 Å². The first kappa shape index (κ1) is 12.8. The molecule has 64 valence electrons. The Morgan fingerprint density at radius 2 is 2.09 bits per heavy atom. The van der Waals surface area contributed by atoms with Crippen molar-refractivity contribution in [1.82, 2.24) is 0 Å². The lowest BCUT2D eigenvalue weighted by Gasteiger charge is -1.90. The Morgan fingerprint density at radius 1 is 1.55 bits per heavy atom. The van der Waals surface area contributed by atoms with Gasteiger partial charge in [-0.05, 0) is 13.0 Å². The van der Waals surface area contributed by atoms with E-state index in [0.717, 1.165) is 0 Å². The predicted molar refractivity (Wildman–Crippen MR) is 50.9 cm³/mol. The van der Waals surface area contributed by atoms with Crippen LogP contribution in [0.1, 0.15) is 20.8 Å². The molecule has 0 amide bonds. The van der Waals surface area contributed by atoms with Crippen molar-refractivity contribution in [2.45, 2.75) is 20.8 Å². The van der Waals surface area contributed by atoms with Crippen LogP contribution in [0.25, 0.3) is 0 Å². The third-order valence-electron chi connectivity index (χ3n) is 0.767. The molecular formula is C9H17NO. The van der Waals surface area contributed by atoms with Gasteiger partial charge in [0.2, 0.25) is 0 Å². The van der Waals surface area contributed by atoms with Crippen molar-refractivity contribution in [1.29, 1.82) is 0 Å². The largest absolute Gasteiger partial charge is 0.390 e. The number of nitrogens with zero attached hydrogens (tertiary/aromatic N) is 1. The average molecular weight is 155 g/mol. The monoisotopic (exact) mass is 155 g/mol. The predicted octanol–water partition coefficient (Wildman–Crippen LogP) is 2.17. The highest BCUT2D eigenvalue weighted by atomic mass is 16.3. The molecule has 0 atom stereocenters. The van der Waals surface area contributed by atoms with Crippen molar-refractivity contribution < 1.29 is 5.11 Å². The normalized spacial score (nSPS) is 10.7. The second-order valence-corrected chi connectivity index (χ2v) is 1.44. The summed E-state index contributed by atoms with van der Waals surface area (Å²) >= 11 is 0. The molecule has 0 radical (unpaired) electrons. The lowest BCUT2D eigenvalue weighted by Crippen LogP contribution is -1.84. The van der Waals surface area contributed by atoms with Crippen molar-refractivity contribution >= 4 is 6.21 Å². The van der Waals surface area contributed by atoms with E-state index < -0.39 is 0 Å². The van der Waals surface area contributed by atoms with Gasteiger partial charge in [0.25, 0.3) is 0 Å². The quantitative estimate of drug-likeness (QED) is 0.491. The number of aliphatic hydroxyl groups is 1. The van der Waals surface area contributed by atoms with E-state index in [9.17, 15) is 0 Å². The number of aliphatic hydroxyl groups excluding tert-OH is 1. The number of hydrogen-bond acceptors (Lipinski definition) is 2. The zero-order valence-corrected chi connectivity index (χ0v) is 7.54. The summed E-state index contributed by atoms with van der Waals surface area (Å²) in [4.78, 5) is 3.85. The summed E-state index contributed by atoms with van der Waals surface area (Å²) < 4.78 is 0. The van der Waals surface area contributed by atoms with Gasteiger partial charge in [-0.1, -0.05) is 26.5 Å². The lowest BCUT2D eigenvalue weighted by atomic mass is 10.4. The molecular weight excluding hydrogens is 138 g/mol. The molecule has 0 spiro atoms. The fourth-order valence-corrected chi connectivity index (χ4v) is 0.438.